The molecule has 1 fully saturated rings. The number of amides is 1. The van der Waals surface area contributed by atoms with E-state index in [9.17, 15) is 14.9 Å². The van der Waals surface area contributed by atoms with Gasteiger partial charge in [0.15, 0.2) is 5.82 Å². The number of aromatic nitrogens is 4. The molecule has 4 rings (SSSR count). The summed E-state index contributed by atoms with van der Waals surface area (Å²) in [4.78, 5) is 22.7. The molecule has 2 aromatic carbocycles. The molecule has 136 valence electrons. The third kappa shape index (κ3) is 3.49. The molecule has 0 unspecified atom stereocenters. The van der Waals surface area contributed by atoms with Crippen LogP contribution in [0, 0.1) is 10.1 Å². The molecule has 0 bridgehead atoms. The Morgan fingerprint density at radius 2 is 1.96 bits per heavy atom. The van der Waals surface area contributed by atoms with Crippen LogP contribution in [-0.2, 0) is 0 Å². The molecular formula is C17H13ClN6O3. The van der Waals surface area contributed by atoms with Crippen LogP contribution in [0.4, 0.5) is 11.4 Å². The third-order valence-electron chi connectivity index (χ3n) is 4.19. The van der Waals surface area contributed by atoms with Crippen LogP contribution in [0.25, 0.3) is 11.4 Å². The first-order chi connectivity index (χ1) is 13.0. The van der Waals surface area contributed by atoms with Crippen molar-refractivity contribution in [2.45, 2.75) is 18.9 Å². The van der Waals surface area contributed by atoms with Crippen molar-refractivity contribution in [3.63, 3.8) is 0 Å². The van der Waals surface area contributed by atoms with Crippen molar-refractivity contribution in [3.8, 4) is 11.4 Å². The van der Waals surface area contributed by atoms with E-state index in [4.69, 9.17) is 11.6 Å². The van der Waals surface area contributed by atoms with Crippen molar-refractivity contribution in [2.75, 3.05) is 5.32 Å². The van der Waals surface area contributed by atoms with Gasteiger partial charge in [-0.25, -0.2) is 4.68 Å². The zero-order valence-electron chi connectivity index (χ0n) is 13.9. The van der Waals surface area contributed by atoms with Gasteiger partial charge in [-0.3, -0.25) is 14.9 Å². The molecule has 0 aliphatic heterocycles. The molecule has 1 amide bonds. The molecule has 3 aromatic rings. The number of nitrogens with zero attached hydrogens (tertiary/aromatic N) is 5. The Kier molecular flexibility index (Phi) is 4.28. The Morgan fingerprint density at radius 1 is 1.22 bits per heavy atom. The predicted octanol–water partition coefficient (Wildman–Crippen LogP) is 3.49. The van der Waals surface area contributed by atoms with Gasteiger partial charge in [-0.2, -0.15) is 0 Å². The first kappa shape index (κ1) is 17.1. The van der Waals surface area contributed by atoms with Gasteiger partial charge in [0.1, 0.15) is 0 Å². The number of rotatable bonds is 5. The van der Waals surface area contributed by atoms with Crippen LogP contribution >= 0.6 is 11.6 Å². The SMILES string of the molecule is O=C(Nc1ccc(-c2nnnn2C2CC2)cc1)c1cc([N+](=O)[O-])ccc1Cl. The van der Waals surface area contributed by atoms with Crippen molar-refractivity contribution >= 4 is 28.9 Å². The number of benzene rings is 2. The average molecular weight is 385 g/mol. The van der Waals surface area contributed by atoms with E-state index < -0.39 is 10.8 Å². The van der Waals surface area contributed by atoms with Crippen LogP contribution in [0.2, 0.25) is 5.02 Å². The Bertz CT molecular complexity index is 1030. The second-order valence-corrected chi connectivity index (χ2v) is 6.54. The number of nitro benzene ring substituents is 1. The third-order valence-corrected chi connectivity index (χ3v) is 4.52. The Morgan fingerprint density at radius 3 is 2.63 bits per heavy atom. The number of tetrazole rings is 1. The lowest BCUT2D eigenvalue weighted by Crippen LogP contribution is -2.12. The standard InChI is InChI=1S/C17H13ClN6O3/c18-15-8-7-13(24(26)27)9-14(15)17(25)19-11-3-1-10(2-4-11)16-20-21-22-23(16)12-5-6-12/h1-4,7-9,12H,5-6H2,(H,19,25). The summed E-state index contributed by atoms with van der Waals surface area (Å²) in [5, 5.41) is 25.5. The molecule has 10 heteroatoms. The van der Waals surface area contributed by atoms with Crippen LogP contribution in [0.15, 0.2) is 42.5 Å². The van der Waals surface area contributed by atoms with E-state index in [0.717, 1.165) is 24.5 Å². The van der Waals surface area contributed by atoms with Gasteiger partial charge in [-0.1, -0.05) is 11.6 Å². The number of nitro groups is 1. The summed E-state index contributed by atoms with van der Waals surface area (Å²) in [6.45, 7) is 0. The highest BCUT2D eigenvalue weighted by molar-refractivity contribution is 6.34. The van der Waals surface area contributed by atoms with Gasteiger partial charge in [0.25, 0.3) is 11.6 Å². The second-order valence-electron chi connectivity index (χ2n) is 6.13. The van der Waals surface area contributed by atoms with Gasteiger partial charge in [0.05, 0.1) is 21.6 Å². The van der Waals surface area contributed by atoms with Gasteiger partial charge in [0.2, 0.25) is 0 Å². The van der Waals surface area contributed by atoms with Gasteiger partial charge in [-0.15, -0.1) is 5.10 Å². The van der Waals surface area contributed by atoms with Gasteiger partial charge in [0, 0.05) is 23.4 Å². The molecule has 0 spiro atoms. The lowest BCUT2D eigenvalue weighted by atomic mass is 10.1. The number of anilines is 1. The zero-order chi connectivity index (χ0) is 19.0. The van der Waals surface area contributed by atoms with E-state index in [0.29, 0.717) is 17.6 Å². The smallest absolute Gasteiger partial charge is 0.270 e. The fourth-order valence-electron chi connectivity index (χ4n) is 2.65. The number of nitrogens with one attached hydrogen (secondary N) is 1. The van der Waals surface area contributed by atoms with E-state index in [1.54, 1.807) is 28.9 Å². The Hall–Kier alpha value is -3.33. The Balaban J connectivity index is 1.53. The topological polar surface area (TPSA) is 116 Å². The summed E-state index contributed by atoms with van der Waals surface area (Å²) in [6.07, 6.45) is 2.13. The molecule has 1 heterocycles. The van der Waals surface area contributed by atoms with Crippen molar-refractivity contribution in [1.82, 2.24) is 20.2 Å². The Labute approximate surface area is 158 Å². The molecule has 1 N–H and O–H groups in total. The van der Waals surface area contributed by atoms with Crippen molar-refractivity contribution in [3.05, 3.63) is 63.2 Å². The van der Waals surface area contributed by atoms with Crippen molar-refractivity contribution in [1.29, 1.82) is 0 Å². The lowest BCUT2D eigenvalue weighted by Gasteiger charge is -2.08. The minimum atomic E-state index is -0.577. The number of carbonyl (C=O) groups is 1. The van der Waals surface area contributed by atoms with Crippen LogP contribution in [0.1, 0.15) is 29.2 Å². The number of hydrogen-bond acceptors (Lipinski definition) is 6. The maximum Gasteiger partial charge on any atom is 0.270 e. The van der Waals surface area contributed by atoms with E-state index in [2.05, 4.69) is 20.8 Å². The maximum absolute atomic E-state index is 12.4. The average Bonchev–Trinajstić information content (AvgIpc) is 3.39. The fourth-order valence-corrected chi connectivity index (χ4v) is 2.85. The van der Waals surface area contributed by atoms with Crippen molar-refractivity contribution in [2.24, 2.45) is 0 Å². The first-order valence-electron chi connectivity index (χ1n) is 8.16. The van der Waals surface area contributed by atoms with E-state index in [1.807, 2.05) is 0 Å². The summed E-state index contributed by atoms with van der Waals surface area (Å²) >= 11 is 6.00. The van der Waals surface area contributed by atoms with E-state index >= 15 is 0 Å². The van der Waals surface area contributed by atoms with Crippen LogP contribution < -0.4 is 5.32 Å². The summed E-state index contributed by atoms with van der Waals surface area (Å²) in [5.74, 6) is 0.149. The predicted molar refractivity (Wildman–Crippen MR) is 97.6 cm³/mol. The molecule has 1 aliphatic rings. The quantitative estimate of drug-likeness (QED) is 0.531. The largest absolute Gasteiger partial charge is 0.322 e. The van der Waals surface area contributed by atoms with Crippen molar-refractivity contribution < 1.29 is 9.72 Å². The summed E-state index contributed by atoms with van der Waals surface area (Å²) in [7, 11) is 0. The van der Waals surface area contributed by atoms with E-state index in [-0.39, 0.29) is 16.3 Å². The number of hydrogen-bond donors (Lipinski definition) is 1. The zero-order valence-corrected chi connectivity index (χ0v) is 14.6. The summed E-state index contributed by atoms with van der Waals surface area (Å²) in [5.41, 5.74) is 1.19. The normalized spacial score (nSPS) is 13.4. The monoisotopic (exact) mass is 384 g/mol. The van der Waals surface area contributed by atoms with Crippen LogP contribution in [-0.4, -0.2) is 31.0 Å². The van der Waals surface area contributed by atoms with Crippen LogP contribution in [0.5, 0.6) is 0 Å². The summed E-state index contributed by atoms with van der Waals surface area (Å²) < 4.78 is 1.80. The minimum absolute atomic E-state index is 0.0348. The molecule has 0 saturated heterocycles. The molecule has 1 aromatic heterocycles. The first-order valence-corrected chi connectivity index (χ1v) is 8.54. The summed E-state index contributed by atoms with van der Waals surface area (Å²) in [6, 6.07) is 11.1. The molecule has 27 heavy (non-hydrogen) atoms. The lowest BCUT2D eigenvalue weighted by molar-refractivity contribution is -0.384. The minimum Gasteiger partial charge on any atom is -0.322 e. The molecular weight excluding hydrogens is 372 g/mol. The van der Waals surface area contributed by atoms with Gasteiger partial charge < -0.3 is 5.32 Å². The second kappa shape index (κ2) is 6.76. The number of halogens is 1. The molecule has 1 saturated carbocycles. The van der Waals surface area contributed by atoms with Gasteiger partial charge in [-0.05, 0) is 53.6 Å². The molecule has 0 radical (unpaired) electrons. The highest BCUT2D eigenvalue weighted by Gasteiger charge is 2.28. The van der Waals surface area contributed by atoms with Crippen LogP contribution in [0.3, 0.4) is 0 Å². The maximum atomic E-state index is 12.4. The highest BCUT2D eigenvalue weighted by Crippen LogP contribution is 2.36. The highest BCUT2D eigenvalue weighted by atomic mass is 35.5. The van der Waals surface area contributed by atoms with Gasteiger partial charge >= 0.3 is 0 Å². The molecule has 0 atom stereocenters. The van der Waals surface area contributed by atoms with E-state index in [1.165, 1.54) is 12.1 Å². The fraction of sp³-hybridized carbons (Fsp3) is 0.176. The number of carbonyl (C=O) groups excluding carboxylic acids is 1. The molecule has 1 aliphatic carbocycles. The number of non-ortho nitro benzene ring substituents is 1. The molecule has 9 nitrogen and oxygen atoms in total.